The van der Waals surface area contributed by atoms with Crippen molar-refractivity contribution in [2.45, 2.75) is 19.4 Å². The van der Waals surface area contributed by atoms with Gasteiger partial charge in [-0.3, -0.25) is 4.79 Å². The van der Waals surface area contributed by atoms with E-state index in [1.54, 1.807) is 25.1 Å². The van der Waals surface area contributed by atoms with Crippen molar-refractivity contribution in [3.8, 4) is 0 Å². The van der Waals surface area contributed by atoms with Gasteiger partial charge in [-0.25, -0.2) is 12.7 Å². The average molecular weight is 312 g/mol. The molecule has 0 saturated carbocycles. The normalized spacial score (nSPS) is 13.3. The average Bonchev–Trinajstić information content (AvgIpc) is 2.38. The van der Waals surface area contributed by atoms with Crippen LogP contribution >= 0.6 is 0 Å². The number of hydrogen-bond donors (Lipinski definition) is 2. The number of hydrazone groups is 1. The predicted octanol–water partition coefficient (Wildman–Crippen LogP) is -0.343. The molecule has 0 radical (unpaired) electrons. The fraction of sp³-hybridized carbons (Fsp3) is 0.385. The molecule has 0 saturated heterocycles. The fourth-order valence-electron chi connectivity index (χ4n) is 1.97. The monoisotopic (exact) mass is 312 g/mol. The molecular weight excluding hydrogens is 292 g/mol. The van der Waals surface area contributed by atoms with Crippen LogP contribution in [0.4, 0.5) is 0 Å². The number of nitrogens with two attached hydrogens (primary N) is 2. The van der Waals surface area contributed by atoms with Gasteiger partial charge in [-0.15, -0.1) is 0 Å². The zero-order valence-electron chi connectivity index (χ0n) is 12.1. The van der Waals surface area contributed by atoms with Crippen molar-refractivity contribution in [3.05, 3.63) is 35.4 Å². The maximum atomic E-state index is 12.1. The molecule has 0 aromatic heterocycles. The number of carbonyl (C=O) groups is 1. The zero-order valence-corrected chi connectivity index (χ0v) is 12.9. The second kappa shape index (κ2) is 7.19. The summed E-state index contributed by atoms with van der Waals surface area (Å²) in [6.45, 7) is 1.65. The summed E-state index contributed by atoms with van der Waals surface area (Å²) in [6.07, 6.45) is 2.70. The highest BCUT2D eigenvalue weighted by Gasteiger charge is 2.26. The highest BCUT2D eigenvalue weighted by molar-refractivity contribution is 7.88. The van der Waals surface area contributed by atoms with Crippen LogP contribution in [-0.4, -0.2) is 43.7 Å². The molecule has 1 rings (SSSR count). The Morgan fingerprint density at radius 2 is 2.14 bits per heavy atom. The van der Waals surface area contributed by atoms with Gasteiger partial charge in [0.1, 0.15) is 0 Å². The summed E-state index contributed by atoms with van der Waals surface area (Å²) < 4.78 is 23.8. The molecule has 1 aromatic rings. The molecule has 4 N–H and O–H groups in total. The molecule has 116 valence electrons. The third kappa shape index (κ3) is 4.83. The second-order valence-electron chi connectivity index (χ2n) is 4.60. The van der Waals surface area contributed by atoms with Crippen molar-refractivity contribution in [1.82, 2.24) is 4.31 Å². The number of carbonyl (C=O) groups excluding carboxylic acids is 1. The van der Waals surface area contributed by atoms with Gasteiger partial charge in [0.2, 0.25) is 10.0 Å². The lowest BCUT2D eigenvalue weighted by atomic mass is 10.0. The van der Waals surface area contributed by atoms with Crippen molar-refractivity contribution in [3.63, 3.8) is 0 Å². The summed E-state index contributed by atoms with van der Waals surface area (Å²) in [5.74, 6) is 4.47. The van der Waals surface area contributed by atoms with E-state index in [1.165, 1.54) is 6.21 Å². The van der Waals surface area contributed by atoms with Gasteiger partial charge in [-0.1, -0.05) is 24.3 Å². The van der Waals surface area contributed by atoms with Crippen molar-refractivity contribution in [2.24, 2.45) is 16.7 Å². The SMILES string of the molecule is CCN(C(=O)[C@@H](N)Cc1cccc(C=NN)c1)S(C)(=O)=O. The number of likely N-dealkylation sites (N-methyl/N-ethyl adjacent to an activating group) is 1. The lowest BCUT2D eigenvalue weighted by molar-refractivity contribution is -0.127. The van der Waals surface area contributed by atoms with Gasteiger partial charge in [0.25, 0.3) is 5.91 Å². The summed E-state index contributed by atoms with van der Waals surface area (Å²) in [5.41, 5.74) is 7.42. The minimum Gasteiger partial charge on any atom is -0.323 e. The van der Waals surface area contributed by atoms with Gasteiger partial charge in [0.15, 0.2) is 0 Å². The first-order chi connectivity index (χ1) is 9.79. The van der Waals surface area contributed by atoms with Gasteiger partial charge < -0.3 is 11.6 Å². The molecule has 0 unspecified atom stereocenters. The Morgan fingerprint density at radius 1 is 1.48 bits per heavy atom. The Kier molecular flexibility index (Phi) is 5.86. The fourth-order valence-corrected chi connectivity index (χ4v) is 2.90. The third-order valence-electron chi connectivity index (χ3n) is 2.88. The van der Waals surface area contributed by atoms with Crippen LogP contribution in [0.2, 0.25) is 0 Å². The molecule has 21 heavy (non-hydrogen) atoms. The molecule has 0 aliphatic carbocycles. The number of amides is 1. The van der Waals surface area contributed by atoms with Gasteiger partial charge in [-0.05, 0) is 24.5 Å². The molecule has 1 amide bonds. The van der Waals surface area contributed by atoms with E-state index in [-0.39, 0.29) is 13.0 Å². The topological polar surface area (TPSA) is 119 Å². The molecule has 0 spiro atoms. The zero-order chi connectivity index (χ0) is 16.0. The standard InChI is InChI=1S/C13H20N4O3S/c1-3-17(21(2,19)20)13(18)12(14)8-10-5-4-6-11(7-10)9-16-15/h4-7,9,12H,3,8,14-15H2,1-2H3/t12-/m0/s1. The van der Waals surface area contributed by atoms with E-state index >= 15 is 0 Å². The Hall–Kier alpha value is -1.93. The van der Waals surface area contributed by atoms with Crippen molar-refractivity contribution >= 4 is 22.1 Å². The van der Waals surface area contributed by atoms with Crippen molar-refractivity contribution in [2.75, 3.05) is 12.8 Å². The van der Waals surface area contributed by atoms with Crippen LogP contribution in [0, 0.1) is 0 Å². The molecule has 0 heterocycles. The van der Waals surface area contributed by atoms with Gasteiger partial charge in [0.05, 0.1) is 18.5 Å². The van der Waals surface area contributed by atoms with Crippen LogP contribution in [0.3, 0.4) is 0 Å². The summed E-state index contributed by atoms with van der Waals surface area (Å²) in [5, 5.41) is 3.42. The number of nitrogens with zero attached hydrogens (tertiary/aromatic N) is 2. The summed E-state index contributed by atoms with van der Waals surface area (Å²) in [6, 6.07) is 6.27. The van der Waals surface area contributed by atoms with Gasteiger partial charge in [0, 0.05) is 6.54 Å². The molecule has 0 aliphatic heterocycles. The molecule has 0 bridgehead atoms. The number of sulfonamides is 1. The van der Waals surface area contributed by atoms with E-state index in [9.17, 15) is 13.2 Å². The Morgan fingerprint density at radius 3 is 2.67 bits per heavy atom. The molecule has 1 aromatic carbocycles. The lowest BCUT2D eigenvalue weighted by Gasteiger charge is -2.22. The predicted molar refractivity (Wildman–Crippen MR) is 82.1 cm³/mol. The van der Waals surface area contributed by atoms with E-state index in [0.717, 1.165) is 21.7 Å². The minimum absolute atomic E-state index is 0.0608. The maximum Gasteiger partial charge on any atom is 0.253 e. The highest BCUT2D eigenvalue weighted by Crippen LogP contribution is 2.09. The first-order valence-electron chi connectivity index (χ1n) is 6.39. The molecule has 7 nitrogen and oxygen atoms in total. The van der Waals surface area contributed by atoms with E-state index in [1.807, 2.05) is 6.07 Å². The number of rotatable bonds is 6. The van der Waals surface area contributed by atoms with E-state index in [0.29, 0.717) is 0 Å². The second-order valence-corrected chi connectivity index (χ2v) is 6.51. The summed E-state index contributed by atoms with van der Waals surface area (Å²) >= 11 is 0. The largest absolute Gasteiger partial charge is 0.323 e. The smallest absolute Gasteiger partial charge is 0.253 e. The summed E-state index contributed by atoms with van der Waals surface area (Å²) in [7, 11) is -3.60. The van der Waals surface area contributed by atoms with E-state index in [4.69, 9.17) is 11.6 Å². The number of benzene rings is 1. The lowest BCUT2D eigenvalue weighted by Crippen LogP contribution is -2.47. The van der Waals surface area contributed by atoms with Crippen LogP contribution in [-0.2, 0) is 21.2 Å². The van der Waals surface area contributed by atoms with Crippen LogP contribution in [0.15, 0.2) is 29.4 Å². The first kappa shape index (κ1) is 17.1. The molecule has 0 aliphatic rings. The molecule has 8 heteroatoms. The quantitative estimate of drug-likeness (QED) is 0.423. The van der Waals surface area contributed by atoms with Crippen LogP contribution in [0.1, 0.15) is 18.1 Å². The maximum absolute atomic E-state index is 12.1. The molecular formula is C13H20N4O3S. The highest BCUT2D eigenvalue weighted by atomic mass is 32.2. The Balaban J connectivity index is 2.87. The third-order valence-corrected chi connectivity index (χ3v) is 4.12. The minimum atomic E-state index is -3.60. The van der Waals surface area contributed by atoms with Gasteiger partial charge >= 0.3 is 0 Å². The number of hydrogen-bond acceptors (Lipinski definition) is 6. The van der Waals surface area contributed by atoms with E-state index < -0.39 is 22.0 Å². The van der Waals surface area contributed by atoms with Crippen molar-refractivity contribution < 1.29 is 13.2 Å². The molecule has 1 atom stereocenters. The van der Waals surface area contributed by atoms with Crippen LogP contribution in [0.25, 0.3) is 0 Å². The Labute approximate surface area is 124 Å². The summed E-state index contributed by atoms with van der Waals surface area (Å²) in [4.78, 5) is 12.1. The first-order valence-corrected chi connectivity index (χ1v) is 8.23. The Bertz CT molecular complexity index is 628. The van der Waals surface area contributed by atoms with Crippen LogP contribution < -0.4 is 11.6 Å². The van der Waals surface area contributed by atoms with E-state index in [2.05, 4.69) is 5.10 Å². The van der Waals surface area contributed by atoms with Crippen LogP contribution in [0.5, 0.6) is 0 Å². The van der Waals surface area contributed by atoms with Gasteiger partial charge in [-0.2, -0.15) is 5.10 Å². The molecule has 0 fully saturated rings. The van der Waals surface area contributed by atoms with Crippen molar-refractivity contribution in [1.29, 1.82) is 0 Å².